The summed E-state index contributed by atoms with van der Waals surface area (Å²) in [5.41, 5.74) is 8.58. The molecule has 108 valence electrons. The fourth-order valence-corrected chi connectivity index (χ4v) is 3.10. The molecule has 19 heavy (non-hydrogen) atoms. The van der Waals surface area contributed by atoms with Crippen molar-refractivity contribution < 1.29 is 14.3 Å². The highest BCUT2D eigenvalue weighted by Crippen LogP contribution is 2.38. The number of likely N-dealkylation sites (tertiary alicyclic amines) is 1. The molecule has 0 spiro atoms. The van der Waals surface area contributed by atoms with E-state index >= 15 is 0 Å². The Labute approximate surface area is 114 Å². The molecule has 0 unspecified atom stereocenters. The van der Waals surface area contributed by atoms with Crippen LogP contribution in [0, 0.1) is 0 Å². The van der Waals surface area contributed by atoms with Crippen molar-refractivity contribution in [2.75, 3.05) is 13.1 Å². The van der Waals surface area contributed by atoms with Gasteiger partial charge in [-0.2, -0.15) is 0 Å². The summed E-state index contributed by atoms with van der Waals surface area (Å²) in [6.45, 7) is 11.0. The third-order valence-electron chi connectivity index (χ3n) is 3.96. The number of hydrogen-bond acceptors (Lipinski definition) is 3. The van der Waals surface area contributed by atoms with E-state index in [0.717, 1.165) is 0 Å². The summed E-state index contributed by atoms with van der Waals surface area (Å²) in [4.78, 5) is 15.0. The third-order valence-corrected chi connectivity index (χ3v) is 8.46. The second-order valence-corrected chi connectivity index (χ2v) is 11.1. The molecule has 1 saturated heterocycles. The standard InChI is InChI=1S/C11H22N4O3Si/c1-11(2,3)19(4,5)18-9-7-15(10(16)17)6-8(9)13-14-12/h8-9H,6-7H2,1-5H3,(H,16,17)/t8-,9+/m0/s1. The van der Waals surface area contributed by atoms with Gasteiger partial charge in [-0.15, -0.1) is 0 Å². The summed E-state index contributed by atoms with van der Waals surface area (Å²) in [7, 11) is -2.01. The van der Waals surface area contributed by atoms with E-state index in [9.17, 15) is 4.79 Å². The van der Waals surface area contributed by atoms with Crippen LogP contribution in [0.15, 0.2) is 5.11 Å². The number of azide groups is 1. The van der Waals surface area contributed by atoms with Gasteiger partial charge in [-0.3, -0.25) is 0 Å². The highest BCUT2D eigenvalue weighted by Gasteiger charge is 2.44. The van der Waals surface area contributed by atoms with E-state index in [4.69, 9.17) is 15.1 Å². The minimum atomic E-state index is -2.01. The first-order chi connectivity index (χ1) is 8.58. The Hall–Kier alpha value is -1.24. The van der Waals surface area contributed by atoms with Crippen LogP contribution in [0.4, 0.5) is 4.79 Å². The minimum Gasteiger partial charge on any atom is -0.465 e. The predicted molar refractivity (Wildman–Crippen MR) is 74.6 cm³/mol. The van der Waals surface area contributed by atoms with Gasteiger partial charge in [0.15, 0.2) is 8.32 Å². The first kappa shape index (κ1) is 15.8. The monoisotopic (exact) mass is 286 g/mol. The molecule has 0 saturated carbocycles. The molecule has 0 radical (unpaired) electrons. The maximum absolute atomic E-state index is 11.0. The normalized spacial score (nSPS) is 24.2. The molecule has 1 aliphatic heterocycles. The molecule has 1 amide bonds. The molecule has 1 fully saturated rings. The fourth-order valence-electron chi connectivity index (χ4n) is 1.76. The molecule has 8 heteroatoms. The fraction of sp³-hybridized carbons (Fsp3) is 0.909. The molecule has 1 N–H and O–H groups in total. The van der Waals surface area contributed by atoms with Crippen molar-refractivity contribution in [2.45, 2.75) is 51.0 Å². The van der Waals surface area contributed by atoms with Crippen LogP contribution in [-0.4, -0.2) is 49.7 Å². The number of amides is 1. The van der Waals surface area contributed by atoms with Gasteiger partial charge in [-0.05, 0) is 23.7 Å². The Bertz CT molecular complexity index is 401. The number of carbonyl (C=O) groups is 1. The van der Waals surface area contributed by atoms with Gasteiger partial charge in [0, 0.05) is 18.0 Å². The molecule has 1 heterocycles. The molecule has 0 aromatic carbocycles. The van der Waals surface area contributed by atoms with Crippen LogP contribution in [0.25, 0.3) is 10.4 Å². The Morgan fingerprint density at radius 2 is 2.05 bits per heavy atom. The largest absolute Gasteiger partial charge is 0.465 e. The summed E-state index contributed by atoms with van der Waals surface area (Å²) in [6.07, 6.45) is -1.34. The highest BCUT2D eigenvalue weighted by atomic mass is 28.4. The van der Waals surface area contributed by atoms with E-state index in [1.807, 2.05) is 0 Å². The van der Waals surface area contributed by atoms with E-state index in [-0.39, 0.29) is 24.2 Å². The van der Waals surface area contributed by atoms with Crippen LogP contribution in [0.2, 0.25) is 18.1 Å². The highest BCUT2D eigenvalue weighted by molar-refractivity contribution is 6.74. The van der Waals surface area contributed by atoms with Crippen LogP contribution in [0.5, 0.6) is 0 Å². The first-order valence-electron chi connectivity index (χ1n) is 6.28. The van der Waals surface area contributed by atoms with Gasteiger partial charge in [0.2, 0.25) is 0 Å². The maximum Gasteiger partial charge on any atom is 0.407 e. The lowest BCUT2D eigenvalue weighted by molar-refractivity contribution is 0.141. The zero-order valence-corrected chi connectivity index (χ0v) is 13.1. The van der Waals surface area contributed by atoms with E-state index in [2.05, 4.69) is 43.9 Å². The molecular weight excluding hydrogens is 264 g/mol. The van der Waals surface area contributed by atoms with Crippen LogP contribution >= 0.6 is 0 Å². The number of carboxylic acid groups (broad SMARTS) is 1. The predicted octanol–water partition coefficient (Wildman–Crippen LogP) is 3.05. The number of nitrogens with zero attached hydrogens (tertiary/aromatic N) is 4. The van der Waals surface area contributed by atoms with Gasteiger partial charge in [0.05, 0.1) is 12.1 Å². The zero-order valence-electron chi connectivity index (χ0n) is 12.1. The molecular formula is C11H22N4O3Si. The SMILES string of the molecule is CC(C)(C)[Si](C)(C)O[C@@H]1CN(C(=O)O)C[C@@H]1N=[N+]=[N-]. The maximum atomic E-state index is 11.0. The lowest BCUT2D eigenvalue weighted by Crippen LogP contribution is -2.46. The van der Waals surface area contributed by atoms with Crippen LogP contribution in [0.1, 0.15) is 20.8 Å². The average molecular weight is 286 g/mol. The van der Waals surface area contributed by atoms with Crippen molar-refractivity contribution in [3.63, 3.8) is 0 Å². The van der Waals surface area contributed by atoms with Gasteiger partial charge in [0.25, 0.3) is 0 Å². The molecule has 1 rings (SSSR count). The van der Waals surface area contributed by atoms with Crippen LogP contribution in [0.3, 0.4) is 0 Å². The van der Waals surface area contributed by atoms with Gasteiger partial charge in [-0.25, -0.2) is 4.79 Å². The number of rotatable bonds is 3. The van der Waals surface area contributed by atoms with Crippen molar-refractivity contribution in [3.05, 3.63) is 10.4 Å². The molecule has 1 aliphatic rings. The Kier molecular flexibility index (Phi) is 4.49. The molecule has 0 aromatic heterocycles. The summed E-state index contributed by atoms with van der Waals surface area (Å²) in [5.74, 6) is 0. The van der Waals surface area contributed by atoms with Crippen molar-refractivity contribution in [1.82, 2.24) is 4.90 Å². The smallest absolute Gasteiger partial charge is 0.407 e. The van der Waals surface area contributed by atoms with Crippen LogP contribution in [-0.2, 0) is 4.43 Å². The quantitative estimate of drug-likeness (QED) is 0.373. The second-order valence-electron chi connectivity index (χ2n) is 6.38. The van der Waals surface area contributed by atoms with Crippen LogP contribution < -0.4 is 0 Å². The Morgan fingerprint density at radius 3 is 2.47 bits per heavy atom. The average Bonchev–Trinajstić information content (AvgIpc) is 2.60. The zero-order chi connectivity index (χ0) is 14.8. The Morgan fingerprint density at radius 1 is 1.47 bits per heavy atom. The van der Waals surface area contributed by atoms with Gasteiger partial charge in [-0.1, -0.05) is 25.9 Å². The van der Waals surface area contributed by atoms with Crippen molar-refractivity contribution in [3.8, 4) is 0 Å². The topological polar surface area (TPSA) is 98.5 Å². The molecule has 0 aromatic rings. The van der Waals surface area contributed by atoms with E-state index in [1.54, 1.807) is 0 Å². The van der Waals surface area contributed by atoms with Gasteiger partial charge >= 0.3 is 6.09 Å². The summed E-state index contributed by atoms with van der Waals surface area (Å²) in [5, 5.41) is 12.7. The van der Waals surface area contributed by atoms with E-state index < -0.39 is 20.5 Å². The Balaban J connectivity index is 2.86. The lowest BCUT2D eigenvalue weighted by atomic mass is 10.2. The van der Waals surface area contributed by atoms with Gasteiger partial charge < -0.3 is 14.4 Å². The van der Waals surface area contributed by atoms with E-state index in [1.165, 1.54) is 4.90 Å². The molecule has 0 aliphatic carbocycles. The summed E-state index contributed by atoms with van der Waals surface area (Å²) < 4.78 is 6.18. The number of hydrogen-bond donors (Lipinski definition) is 1. The molecule has 7 nitrogen and oxygen atoms in total. The summed E-state index contributed by atoms with van der Waals surface area (Å²) >= 11 is 0. The van der Waals surface area contributed by atoms with Crippen molar-refractivity contribution in [2.24, 2.45) is 5.11 Å². The van der Waals surface area contributed by atoms with Gasteiger partial charge in [0.1, 0.15) is 0 Å². The molecule has 0 bridgehead atoms. The minimum absolute atomic E-state index is 0.0323. The molecule has 2 atom stereocenters. The van der Waals surface area contributed by atoms with E-state index in [0.29, 0.717) is 0 Å². The second kappa shape index (κ2) is 5.40. The van der Waals surface area contributed by atoms with Crippen molar-refractivity contribution >= 4 is 14.4 Å². The summed E-state index contributed by atoms with van der Waals surface area (Å²) in [6, 6.07) is -0.435. The van der Waals surface area contributed by atoms with Crippen molar-refractivity contribution in [1.29, 1.82) is 0 Å². The lowest BCUT2D eigenvalue weighted by Gasteiger charge is -2.39. The first-order valence-corrected chi connectivity index (χ1v) is 9.19. The third kappa shape index (κ3) is 3.62.